The van der Waals surface area contributed by atoms with E-state index in [1.54, 1.807) is 7.11 Å². The number of ether oxygens (including phenoxy) is 1. The molecule has 3 rings (SSSR count). The average molecular weight is 356 g/mol. The Balaban J connectivity index is 1.60. The first-order valence-corrected chi connectivity index (χ1v) is 9.04. The third kappa shape index (κ3) is 4.67. The smallest absolute Gasteiger partial charge is 0.170 e. The summed E-state index contributed by atoms with van der Waals surface area (Å²) >= 11 is 5.29. The molecule has 0 unspecified atom stereocenters. The molecule has 25 heavy (non-hydrogen) atoms. The zero-order valence-corrected chi connectivity index (χ0v) is 15.3. The molecule has 0 radical (unpaired) electrons. The van der Waals surface area contributed by atoms with Gasteiger partial charge in [-0.2, -0.15) is 0 Å². The maximum absolute atomic E-state index is 5.29. The molecular formula is C19H24N4OS. The van der Waals surface area contributed by atoms with Crippen molar-refractivity contribution in [1.82, 2.24) is 10.3 Å². The van der Waals surface area contributed by atoms with E-state index in [9.17, 15) is 0 Å². The van der Waals surface area contributed by atoms with Gasteiger partial charge in [-0.25, -0.2) is 4.98 Å². The summed E-state index contributed by atoms with van der Waals surface area (Å²) in [5.74, 6) is 0.969. The van der Waals surface area contributed by atoms with Crippen LogP contribution in [0.3, 0.4) is 0 Å². The number of pyridine rings is 1. The second-order valence-corrected chi connectivity index (χ2v) is 6.42. The fourth-order valence-corrected chi connectivity index (χ4v) is 3.20. The van der Waals surface area contributed by atoms with Crippen molar-refractivity contribution in [2.75, 3.05) is 37.0 Å². The number of hydrogen-bond acceptors (Lipinski definition) is 4. The second-order valence-electron chi connectivity index (χ2n) is 6.02. The third-order valence-corrected chi connectivity index (χ3v) is 4.45. The Bertz CT molecular complexity index is 705. The van der Waals surface area contributed by atoms with E-state index in [0.29, 0.717) is 5.11 Å². The first-order valence-electron chi connectivity index (χ1n) is 8.63. The number of methoxy groups -OCH3 is 1. The van der Waals surface area contributed by atoms with E-state index < -0.39 is 0 Å². The zero-order chi connectivity index (χ0) is 17.5. The van der Waals surface area contributed by atoms with E-state index in [1.165, 1.54) is 11.3 Å². The molecule has 1 aliphatic heterocycles. The lowest BCUT2D eigenvalue weighted by Crippen LogP contribution is -2.30. The van der Waals surface area contributed by atoms with Crippen molar-refractivity contribution < 1.29 is 4.74 Å². The fraction of sp³-hybridized carbons (Fsp3) is 0.368. The highest BCUT2D eigenvalue weighted by Gasteiger charge is 2.18. The first kappa shape index (κ1) is 17.6. The van der Waals surface area contributed by atoms with Gasteiger partial charge in [0.1, 0.15) is 5.82 Å². The molecular weight excluding hydrogens is 332 g/mol. The van der Waals surface area contributed by atoms with E-state index >= 15 is 0 Å². The molecule has 6 heteroatoms. The van der Waals surface area contributed by atoms with E-state index in [4.69, 9.17) is 17.0 Å². The molecule has 0 saturated heterocycles. The summed E-state index contributed by atoms with van der Waals surface area (Å²) in [6, 6.07) is 12.6. The number of aryl methyl sites for hydroxylation is 1. The number of hydrogen-bond donors (Lipinski definition) is 2. The van der Waals surface area contributed by atoms with Crippen LogP contribution in [0.15, 0.2) is 42.6 Å². The Labute approximate surface area is 154 Å². The van der Waals surface area contributed by atoms with Crippen LogP contribution in [0.4, 0.5) is 17.2 Å². The molecule has 0 saturated carbocycles. The van der Waals surface area contributed by atoms with Gasteiger partial charge in [-0.1, -0.05) is 18.2 Å². The number of para-hydroxylation sites is 1. The normalized spacial score (nSPS) is 13.2. The van der Waals surface area contributed by atoms with Crippen molar-refractivity contribution in [2.24, 2.45) is 0 Å². The van der Waals surface area contributed by atoms with E-state index in [2.05, 4.69) is 44.8 Å². The molecule has 1 aromatic carbocycles. The predicted molar refractivity (Wildman–Crippen MR) is 107 cm³/mol. The third-order valence-electron chi connectivity index (χ3n) is 4.20. The number of nitrogens with one attached hydrogen (secondary N) is 2. The van der Waals surface area contributed by atoms with Crippen LogP contribution in [0.1, 0.15) is 18.4 Å². The topological polar surface area (TPSA) is 49.4 Å². The zero-order valence-electron chi connectivity index (χ0n) is 14.5. The van der Waals surface area contributed by atoms with Crippen molar-refractivity contribution >= 4 is 34.5 Å². The molecule has 0 amide bonds. The van der Waals surface area contributed by atoms with Gasteiger partial charge in [0, 0.05) is 32.5 Å². The minimum Gasteiger partial charge on any atom is -0.385 e. The molecule has 0 bridgehead atoms. The molecule has 2 N–H and O–H groups in total. The van der Waals surface area contributed by atoms with Crippen LogP contribution in [0.2, 0.25) is 0 Å². The van der Waals surface area contributed by atoms with Gasteiger partial charge < -0.3 is 20.3 Å². The molecule has 2 aromatic rings. The highest BCUT2D eigenvalue weighted by atomic mass is 32.1. The molecule has 0 spiro atoms. The number of nitrogens with zero attached hydrogens (tertiary/aromatic N) is 2. The van der Waals surface area contributed by atoms with Gasteiger partial charge in [0.2, 0.25) is 0 Å². The average Bonchev–Trinajstić information content (AvgIpc) is 2.65. The number of anilines is 3. The number of benzene rings is 1. The van der Waals surface area contributed by atoms with E-state index in [-0.39, 0.29) is 0 Å². The van der Waals surface area contributed by atoms with Crippen molar-refractivity contribution in [3.8, 4) is 0 Å². The molecule has 2 heterocycles. The lowest BCUT2D eigenvalue weighted by atomic mass is 10.0. The summed E-state index contributed by atoms with van der Waals surface area (Å²) in [4.78, 5) is 6.90. The molecule has 1 aromatic heterocycles. The van der Waals surface area contributed by atoms with Crippen LogP contribution in [-0.4, -0.2) is 36.9 Å². The predicted octanol–water partition coefficient (Wildman–Crippen LogP) is 3.49. The Morgan fingerprint density at radius 1 is 1.28 bits per heavy atom. The molecule has 0 aliphatic carbocycles. The molecule has 0 fully saturated rings. The summed E-state index contributed by atoms with van der Waals surface area (Å²) in [5, 5.41) is 6.93. The fourth-order valence-electron chi connectivity index (χ4n) is 2.98. The summed E-state index contributed by atoms with van der Waals surface area (Å²) in [6.45, 7) is 2.51. The van der Waals surface area contributed by atoms with Gasteiger partial charge in [0.05, 0.1) is 11.9 Å². The van der Waals surface area contributed by atoms with Crippen LogP contribution < -0.4 is 15.5 Å². The first-order chi connectivity index (χ1) is 12.3. The number of thiocarbonyl (C=S) groups is 1. The SMILES string of the molecule is COCCCNC(=S)Nc1ccc(N2CCCc3ccccc32)nc1. The minimum atomic E-state index is 0.606. The summed E-state index contributed by atoms with van der Waals surface area (Å²) in [7, 11) is 1.70. The van der Waals surface area contributed by atoms with Gasteiger partial charge in [-0.15, -0.1) is 0 Å². The van der Waals surface area contributed by atoms with Crippen LogP contribution in [0.5, 0.6) is 0 Å². The van der Waals surface area contributed by atoms with Gasteiger partial charge in [0.25, 0.3) is 0 Å². The monoisotopic (exact) mass is 356 g/mol. The molecule has 0 atom stereocenters. The maximum Gasteiger partial charge on any atom is 0.170 e. The summed E-state index contributed by atoms with van der Waals surface area (Å²) in [6.07, 6.45) is 5.03. The largest absolute Gasteiger partial charge is 0.385 e. The Kier molecular flexibility index (Phi) is 6.19. The summed E-state index contributed by atoms with van der Waals surface area (Å²) in [5.41, 5.74) is 3.54. The molecule has 132 valence electrons. The van der Waals surface area contributed by atoms with Crippen molar-refractivity contribution in [3.05, 3.63) is 48.2 Å². The Morgan fingerprint density at radius 2 is 2.16 bits per heavy atom. The lowest BCUT2D eigenvalue weighted by Gasteiger charge is -2.30. The van der Waals surface area contributed by atoms with E-state index in [0.717, 1.165) is 50.5 Å². The van der Waals surface area contributed by atoms with Crippen molar-refractivity contribution in [3.63, 3.8) is 0 Å². The van der Waals surface area contributed by atoms with E-state index in [1.807, 2.05) is 18.3 Å². The minimum absolute atomic E-state index is 0.606. The van der Waals surface area contributed by atoms with Gasteiger partial charge in [-0.3, -0.25) is 0 Å². The highest BCUT2D eigenvalue weighted by molar-refractivity contribution is 7.80. The van der Waals surface area contributed by atoms with Crippen LogP contribution in [-0.2, 0) is 11.2 Å². The van der Waals surface area contributed by atoms with Crippen molar-refractivity contribution in [1.29, 1.82) is 0 Å². The Hall–Kier alpha value is -2.18. The summed E-state index contributed by atoms with van der Waals surface area (Å²) < 4.78 is 5.02. The molecule has 5 nitrogen and oxygen atoms in total. The quantitative estimate of drug-likeness (QED) is 0.610. The van der Waals surface area contributed by atoms with Crippen LogP contribution in [0, 0.1) is 0 Å². The van der Waals surface area contributed by atoms with Gasteiger partial charge in [0.15, 0.2) is 5.11 Å². The lowest BCUT2D eigenvalue weighted by molar-refractivity contribution is 0.196. The number of fused-ring (bicyclic) bond motifs is 1. The maximum atomic E-state index is 5.29. The number of rotatable bonds is 6. The second kappa shape index (κ2) is 8.78. The van der Waals surface area contributed by atoms with Crippen LogP contribution >= 0.6 is 12.2 Å². The Morgan fingerprint density at radius 3 is 2.96 bits per heavy atom. The number of aromatic nitrogens is 1. The highest BCUT2D eigenvalue weighted by Crippen LogP contribution is 2.32. The standard InChI is InChI=1S/C19H24N4OS/c1-24-13-5-11-20-19(25)22-16-9-10-18(21-14-16)23-12-4-7-15-6-2-3-8-17(15)23/h2-3,6,8-10,14H,4-5,7,11-13H2,1H3,(H2,20,22,25). The van der Waals surface area contributed by atoms with Gasteiger partial charge >= 0.3 is 0 Å². The van der Waals surface area contributed by atoms with Crippen LogP contribution in [0.25, 0.3) is 0 Å². The van der Waals surface area contributed by atoms with Crippen molar-refractivity contribution in [2.45, 2.75) is 19.3 Å². The van der Waals surface area contributed by atoms with Gasteiger partial charge in [-0.05, 0) is 55.2 Å². The molecule has 1 aliphatic rings.